The summed E-state index contributed by atoms with van der Waals surface area (Å²) in [6.07, 6.45) is 0. The summed E-state index contributed by atoms with van der Waals surface area (Å²) >= 11 is 1.72. The van der Waals surface area contributed by atoms with Gasteiger partial charge in [-0.1, -0.05) is 42.0 Å². The number of aryl methyl sites for hydroxylation is 1. The smallest absolute Gasteiger partial charge is 0.278 e. The van der Waals surface area contributed by atoms with Crippen LogP contribution in [0.15, 0.2) is 60.0 Å². The molecule has 2 heterocycles. The predicted octanol–water partition coefficient (Wildman–Crippen LogP) is 3.14. The number of hydrogen-bond donors (Lipinski definition) is 2. The number of benzene rings is 2. The standard InChI is InChI=1S/C23H24N2O3S/c1-15-5-8-18(9-6-15)22(21-4-3-11-29-21)25-16(2)23(26)24-13-17-7-10-19-20(12-17)28-14-27-19/h3-12,16,22,25H,13-14H2,1-2H3,(H,24,26)/p+1/t16-,22+/m0/s1. The number of rotatable bonds is 7. The van der Waals surface area contributed by atoms with Crippen LogP contribution in [0.3, 0.4) is 0 Å². The van der Waals surface area contributed by atoms with Crippen molar-refractivity contribution in [2.45, 2.75) is 32.5 Å². The second-order valence-corrected chi connectivity index (χ2v) is 8.27. The zero-order chi connectivity index (χ0) is 20.2. The van der Waals surface area contributed by atoms with Gasteiger partial charge in [-0.15, -0.1) is 11.3 Å². The van der Waals surface area contributed by atoms with Crippen molar-refractivity contribution >= 4 is 17.2 Å². The molecule has 0 unspecified atom stereocenters. The first-order valence-electron chi connectivity index (χ1n) is 9.71. The quantitative estimate of drug-likeness (QED) is 0.630. The lowest BCUT2D eigenvalue weighted by molar-refractivity contribution is -0.704. The van der Waals surface area contributed by atoms with Gasteiger partial charge in [0.15, 0.2) is 17.5 Å². The van der Waals surface area contributed by atoms with Crippen LogP contribution in [0, 0.1) is 6.92 Å². The molecule has 0 spiro atoms. The minimum atomic E-state index is -0.225. The maximum absolute atomic E-state index is 12.7. The van der Waals surface area contributed by atoms with Gasteiger partial charge in [0.2, 0.25) is 6.79 Å². The molecule has 3 aromatic rings. The molecule has 150 valence electrons. The van der Waals surface area contributed by atoms with Crippen LogP contribution in [-0.4, -0.2) is 18.7 Å². The number of nitrogens with two attached hydrogens (primary N) is 1. The van der Waals surface area contributed by atoms with Gasteiger partial charge in [-0.3, -0.25) is 4.79 Å². The van der Waals surface area contributed by atoms with Gasteiger partial charge in [0.25, 0.3) is 5.91 Å². The van der Waals surface area contributed by atoms with Gasteiger partial charge >= 0.3 is 0 Å². The van der Waals surface area contributed by atoms with E-state index in [1.807, 2.05) is 25.1 Å². The van der Waals surface area contributed by atoms with E-state index in [-0.39, 0.29) is 24.8 Å². The number of fused-ring (bicyclic) bond motifs is 1. The van der Waals surface area contributed by atoms with Gasteiger partial charge in [0.1, 0.15) is 6.04 Å². The Hall–Kier alpha value is -2.83. The fourth-order valence-electron chi connectivity index (χ4n) is 3.39. The molecule has 3 N–H and O–H groups in total. The minimum absolute atomic E-state index is 0.0105. The summed E-state index contributed by atoms with van der Waals surface area (Å²) in [6.45, 7) is 4.74. The number of amides is 1. The van der Waals surface area contributed by atoms with E-state index in [0.717, 1.165) is 17.1 Å². The molecule has 0 aliphatic carbocycles. The molecule has 2 atom stereocenters. The number of hydrogen-bond acceptors (Lipinski definition) is 4. The second-order valence-electron chi connectivity index (χ2n) is 7.29. The Kier molecular flexibility index (Phi) is 5.83. The number of quaternary nitrogens is 1. The molecule has 1 aliphatic heterocycles. The third kappa shape index (κ3) is 4.60. The molecule has 1 aromatic heterocycles. The third-order valence-electron chi connectivity index (χ3n) is 5.08. The number of carbonyl (C=O) groups excluding carboxylic acids is 1. The Morgan fingerprint density at radius 3 is 2.69 bits per heavy atom. The maximum atomic E-state index is 12.7. The van der Waals surface area contributed by atoms with Crippen LogP contribution in [-0.2, 0) is 11.3 Å². The van der Waals surface area contributed by atoms with Crippen molar-refractivity contribution in [1.82, 2.24) is 5.32 Å². The van der Waals surface area contributed by atoms with E-state index in [1.54, 1.807) is 11.3 Å². The molecule has 29 heavy (non-hydrogen) atoms. The van der Waals surface area contributed by atoms with Gasteiger partial charge in [0, 0.05) is 12.1 Å². The molecule has 0 saturated carbocycles. The number of carbonyl (C=O) groups is 1. The molecule has 2 aromatic carbocycles. The van der Waals surface area contributed by atoms with Gasteiger partial charge in [0.05, 0.1) is 4.88 Å². The Morgan fingerprint density at radius 2 is 1.93 bits per heavy atom. The molecule has 0 saturated heterocycles. The fourth-order valence-corrected chi connectivity index (χ4v) is 4.22. The minimum Gasteiger partial charge on any atom is -0.454 e. The van der Waals surface area contributed by atoms with Crippen molar-refractivity contribution in [3.63, 3.8) is 0 Å². The number of thiophene rings is 1. The highest BCUT2D eigenvalue weighted by Crippen LogP contribution is 2.32. The van der Waals surface area contributed by atoms with Crippen molar-refractivity contribution in [3.05, 3.63) is 81.5 Å². The average Bonchev–Trinajstić information content (AvgIpc) is 3.42. The molecular weight excluding hydrogens is 384 g/mol. The van der Waals surface area contributed by atoms with Crippen LogP contribution in [0.5, 0.6) is 11.5 Å². The first-order valence-corrected chi connectivity index (χ1v) is 10.6. The maximum Gasteiger partial charge on any atom is 0.278 e. The largest absolute Gasteiger partial charge is 0.454 e. The van der Waals surface area contributed by atoms with Crippen LogP contribution in [0.1, 0.15) is 34.5 Å². The van der Waals surface area contributed by atoms with E-state index in [0.29, 0.717) is 6.54 Å². The first-order chi connectivity index (χ1) is 14.1. The summed E-state index contributed by atoms with van der Waals surface area (Å²) in [5.74, 6) is 1.49. The lowest BCUT2D eigenvalue weighted by atomic mass is 10.0. The Labute approximate surface area is 174 Å². The Bertz CT molecular complexity index is 970. The van der Waals surface area contributed by atoms with Gasteiger partial charge < -0.3 is 20.1 Å². The fraction of sp³-hybridized carbons (Fsp3) is 0.261. The van der Waals surface area contributed by atoms with Crippen LogP contribution >= 0.6 is 11.3 Å². The molecule has 0 radical (unpaired) electrons. The Balaban J connectivity index is 1.41. The molecule has 6 heteroatoms. The summed E-state index contributed by atoms with van der Waals surface area (Å²) in [4.78, 5) is 14.0. The molecule has 1 aliphatic rings. The summed E-state index contributed by atoms with van der Waals surface area (Å²) in [5.41, 5.74) is 3.42. The average molecular weight is 410 g/mol. The van der Waals surface area contributed by atoms with Gasteiger partial charge in [-0.25, -0.2) is 0 Å². The molecule has 0 bridgehead atoms. The zero-order valence-electron chi connectivity index (χ0n) is 16.6. The Morgan fingerprint density at radius 1 is 1.14 bits per heavy atom. The van der Waals surface area contributed by atoms with Crippen molar-refractivity contribution in [2.24, 2.45) is 0 Å². The predicted molar refractivity (Wildman–Crippen MR) is 113 cm³/mol. The summed E-state index contributed by atoms with van der Waals surface area (Å²) < 4.78 is 10.7. The highest BCUT2D eigenvalue weighted by atomic mass is 32.1. The van der Waals surface area contributed by atoms with Crippen LogP contribution in [0.4, 0.5) is 0 Å². The molecule has 1 amide bonds. The van der Waals surface area contributed by atoms with E-state index in [1.165, 1.54) is 16.0 Å². The molecule has 4 rings (SSSR count). The molecule has 0 fully saturated rings. The van der Waals surface area contributed by atoms with Gasteiger partial charge in [-0.05, 0) is 43.0 Å². The monoisotopic (exact) mass is 409 g/mol. The summed E-state index contributed by atoms with van der Waals surface area (Å²) in [6, 6.07) is 18.3. The van der Waals surface area contributed by atoms with Crippen molar-refractivity contribution in [1.29, 1.82) is 0 Å². The lowest BCUT2D eigenvalue weighted by Gasteiger charge is -2.19. The highest BCUT2D eigenvalue weighted by Gasteiger charge is 2.25. The van der Waals surface area contributed by atoms with E-state index < -0.39 is 0 Å². The topological polar surface area (TPSA) is 64.2 Å². The van der Waals surface area contributed by atoms with Crippen molar-refractivity contribution < 1.29 is 19.6 Å². The molecular formula is C23H25N2O3S+. The lowest BCUT2D eigenvalue weighted by Crippen LogP contribution is -2.92. The van der Waals surface area contributed by atoms with E-state index in [2.05, 4.69) is 59.3 Å². The van der Waals surface area contributed by atoms with Gasteiger partial charge in [-0.2, -0.15) is 0 Å². The van der Waals surface area contributed by atoms with E-state index >= 15 is 0 Å². The van der Waals surface area contributed by atoms with Crippen LogP contribution in [0.2, 0.25) is 0 Å². The highest BCUT2D eigenvalue weighted by molar-refractivity contribution is 7.10. The van der Waals surface area contributed by atoms with Crippen LogP contribution in [0.25, 0.3) is 0 Å². The third-order valence-corrected chi connectivity index (χ3v) is 6.04. The second kappa shape index (κ2) is 8.68. The summed E-state index contributed by atoms with van der Waals surface area (Å²) in [7, 11) is 0. The number of ether oxygens (including phenoxy) is 2. The van der Waals surface area contributed by atoms with Crippen molar-refractivity contribution in [3.8, 4) is 11.5 Å². The number of nitrogens with one attached hydrogen (secondary N) is 1. The first kappa shape index (κ1) is 19.5. The SMILES string of the molecule is Cc1ccc([C@@H]([NH2+][C@@H](C)C(=O)NCc2ccc3c(c2)OCO3)c2cccs2)cc1. The van der Waals surface area contributed by atoms with E-state index in [9.17, 15) is 4.79 Å². The van der Waals surface area contributed by atoms with Crippen molar-refractivity contribution in [2.75, 3.05) is 6.79 Å². The van der Waals surface area contributed by atoms with Crippen LogP contribution < -0.4 is 20.1 Å². The normalized spacial score (nSPS) is 14.4. The molecule has 5 nitrogen and oxygen atoms in total. The zero-order valence-corrected chi connectivity index (χ0v) is 17.4. The van der Waals surface area contributed by atoms with E-state index in [4.69, 9.17) is 9.47 Å². The summed E-state index contributed by atoms with van der Waals surface area (Å²) in [5, 5.41) is 7.25.